The first-order chi connectivity index (χ1) is 15.1. The van der Waals surface area contributed by atoms with E-state index < -0.39 is 0 Å². The molecule has 1 saturated heterocycles. The molecule has 1 aliphatic heterocycles. The van der Waals surface area contributed by atoms with E-state index in [1.54, 1.807) is 30.5 Å². The number of hydrogen-bond donors (Lipinski definition) is 1. The number of rotatable bonds is 7. The maximum absolute atomic E-state index is 13.9. The van der Waals surface area contributed by atoms with Crippen molar-refractivity contribution in [1.82, 2.24) is 24.9 Å². The lowest BCUT2D eigenvalue weighted by atomic mass is 10.1. The van der Waals surface area contributed by atoms with Crippen molar-refractivity contribution in [1.29, 1.82) is 0 Å². The molecule has 1 amide bonds. The van der Waals surface area contributed by atoms with E-state index in [0.717, 1.165) is 44.8 Å². The molecule has 162 valence electrons. The van der Waals surface area contributed by atoms with Gasteiger partial charge < -0.3 is 10.2 Å². The summed E-state index contributed by atoms with van der Waals surface area (Å²) in [5, 5.41) is 7.08. The van der Waals surface area contributed by atoms with Crippen LogP contribution in [0.5, 0.6) is 0 Å². The predicted octanol–water partition coefficient (Wildman–Crippen LogP) is 3.08. The highest BCUT2D eigenvalue weighted by molar-refractivity contribution is 5.92. The van der Waals surface area contributed by atoms with E-state index in [1.807, 2.05) is 0 Å². The fourth-order valence-corrected chi connectivity index (χ4v) is 3.77. The Morgan fingerprint density at radius 3 is 2.35 bits per heavy atom. The molecule has 1 aromatic heterocycles. The van der Waals surface area contributed by atoms with Crippen molar-refractivity contribution in [3.63, 3.8) is 0 Å². The monoisotopic (exact) mass is 421 g/mol. The maximum Gasteiger partial charge on any atom is 0.272 e. The maximum atomic E-state index is 13.9. The first-order valence-electron chi connectivity index (χ1n) is 10.7. The van der Waals surface area contributed by atoms with Crippen LogP contribution < -0.4 is 5.32 Å². The van der Waals surface area contributed by atoms with Gasteiger partial charge in [0.15, 0.2) is 5.69 Å². The standard InChI is InChI=1S/C24H28FN5O/c1-2-28-13-15-29(16-14-28)18-20-9-7-19(8-10-20)17-26-24(31)22-11-12-30(27-22)23-6-4-3-5-21(23)25/h3-12H,2,13-18H2,1H3,(H,26,31). The first-order valence-corrected chi connectivity index (χ1v) is 10.7. The Balaban J connectivity index is 1.28. The van der Waals surface area contributed by atoms with Crippen molar-refractivity contribution in [2.75, 3.05) is 32.7 Å². The molecular formula is C24H28FN5O. The summed E-state index contributed by atoms with van der Waals surface area (Å²) in [5.41, 5.74) is 2.88. The summed E-state index contributed by atoms with van der Waals surface area (Å²) < 4.78 is 15.3. The number of benzene rings is 2. The molecule has 2 heterocycles. The van der Waals surface area contributed by atoms with Crippen LogP contribution in [0.1, 0.15) is 28.5 Å². The molecule has 1 fully saturated rings. The van der Waals surface area contributed by atoms with Crippen LogP contribution in [0.3, 0.4) is 0 Å². The number of halogens is 1. The number of para-hydroxylation sites is 1. The fraction of sp³-hybridized carbons (Fsp3) is 0.333. The van der Waals surface area contributed by atoms with Gasteiger partial charge in [-0.3, -0.25) is 9.69 Å². The summed E-state index contributed by atoms with van der Waals surface area (Å²) in [7, 11) is 0. The van der Waals surface area contributed by atoms with Crippen molar-refractivity contribution in [2.45, 2.75) is 20.0 Å². The zero-order valence-electron chi connectivity index (χ0n) is 17.8. The molecule has 1 N–H and O–H groups in total. The van der Waals surface area contributed by atoms with E-state index in [0.29, 0.717) is 12.2 Å². The molecule has 6 nitrogen and oxygen atoms in total. The van der Waals surface area contributed by atoms with Gasteiger partial charge in [-0.1, -0.05) is 43.3 Å². The lowest BCUT2D eigenvalue weighted by molar-refractivity contribution is 0.0945. The molecule has 7 heteroatoms. The van der Waals surface area contributed by atoms with Gasteiger partial charge in [0.25, 0.3) is 5.91 Å². The van der Waals surface area contributed by atoms with Gasteiger partial charge in [-0.25, -0.2) is 9.07 Å². The Morgan fingerprint density at radius 1 is 0.968 bits per heavy atom. The number of hydrogen-bond acceptors (Lipinski definition) is 4. The van der Waals surface area contributed by atoms with Crippen LogP contribution >= 0.6 is 0 Å². The average Bonchev–Trinajstić information content (AvgIpc) is 3.29. The molecule has 2 aromatic carbocycles. The number of piperazine rings is 1. The van der Waals surface area contributed by atoms with E-state index >= 15 is 0 Å². The predicted molar refractivity (Wildman–Crippen MR) is 119 cm³/mol. The van der Waals surface area contributed by atoms with Crippen LogP contribution in [-0.4, -0.2) is 58.2 Å². The fourth-order valence-electron chi connectivity index (χ4n) is 3.77. The number of likely N-dealkylation sites (N-methyl/N-ethyl adjacent to an activating group) is 1. The quantitative estimate of drug-likeness (QED) is 0.637. The third kappa shape index (κ3) is 5.37. The third-order valence-corrected chi connectivity index (χ3v) is 5.72. The summed E-state index contributed by atoms with van der Waals surface area (Å²) in [6.07, 6.45) is 1.59. The van der Waals surface area contributed by atoms with Crippen LogP contribution in [0.15, 0.2) is 60.8 Å². The van der Waals surface area contributed by atoms with E-state index in [9.17, 15) is 9.18 Å². The van der Waals surface area contributed by atoms with E-state index in [2.05, 4.69) is 51.4 Å². The summed E-state index contributed by atoms with van der Waals surface area (Å²) in [6.45, 7) is 9.18. The van der Waals surface area contributed by atoms with Gasteiger partial charge in [0.1, 0.15) is 11.5 Å². The van der Waals surface area contributed by atoms with Gasteiger partial charge in [-0.15, -0.1) is 0 Å². The first kappa shape index (κ1) is 21.2. The summed E-state index contributed by atoms with van der Waals surface area (Å²) in [5.74, 6) is -0.669. The molecule has 31 heavy (non-hydrogen) atoms. The van der Waals surface area contributed by atoms with Crippen molar-refractivity contribution < 1.29 is 9.18 Å². The Kier molecular flexibility index (Phi) is 6.74. The normalized spacial score (nSPS) is 15.2. The Morgan fingerprint density at radius 2 is 1.65 bits per heavy atom. The van der Waals surface area contributed by atoms with E-state index in [-0.39, 0.29) is 17.4 Å². The number of amides is 1. The van der Waals surface area contributed by atoms with Crippen molar-refractivity contribution in [3.05, 3.63) is 83.4 Å². The molecule has 3 aromatic rings. The van der Waals surface area contributed by atoms with E-state index in [4.69, 9.17) is 0 Å². The number of carbonyl (C=O) groups is 1. The van der Waals surface area contributed by atoms with Gasteiger partial charge in [-0.2, -0.15) is 5.10 Å². The van der Waals surface area contributed by atoms with Crippen molar-refractivity contribution in [3.8, 4) is 5.69 Å². The Hall–Kier alpha value is -3.03. The minimum Gasteiger partial charge on any atom is -0.347 e. The number of aromatic nitrogens is 2. The molecule has 0 unspecified atom stereocenters. The summed E-state index contributed by atoms with van der Waals surface area (Å²) in [4.78, 5) is 17.4. The van der Waals surface area contributed by atoms with Gasteiger partial charge in [0, 0.05) is 45.5 Å². The number of nitrogens with zero attached hydrogens (tertiary/aromatic N) is 4. The lowest BCUT2D eigenvalue weighted by Gasteiger charge is -2.34. The molecular weight excluding hydrogens is 393 g/mol. The minimum absolute atomic E-state index is 0.256. The van der Waals surface area contributed by atoms with Crippen LogP contribution in [0, 0.1) is 5.82 Å². The van der Waals surface area contributed by atoms with Crippen LogP contribution in [0.2, 0.25) is 0 Å². The van der Waals surface area contributed by atoms with Gasteiger partial charge >= 0.3 is 0 Å². The largest absolute Gasteiger partial charge is 0.347 e. The summed E-state index contributed by atoms with van der Waals surface area (Å²) >= 11 is 0. The minimum atomic E-state index is -0.384. The molecule has 0 atom stereocenters. The Bertz CT molecular complexity index is 1010. The topological polar surface area (TPSA) is 53.4 Å². The second-order valence-corrected chi connectivity index (χ2v) is 7.81. The molecule has 1 aliphatic rings. The molecule has 0 spiro atoms. The second-order valence-electron chi connectivity index (χ2n) is 7.81. The highest BCUT2D eigenvalue weighted by Gasteiger charge is 2.15. The number of nitrogens with one attached hydrogen (secondary N) is 1. The van der Waals surface area contributed by atoms with Gasteiger partial charge in [-0.05, 0) is 35.9 Å². The molecule has 0 aliphatic carbocycles. The van der Waals surface area contributed by atoms with E-state index in [1.165, 1.54) is 16.3 Å². The third-order valence-electron chi connectivity index (χ3n) is 5.72. The zero-order valence-corrected chi connectivity index (χ0v) is 17.8. The van der Waals surface area contributed by atoms with Gasteiger partial charge in [0.2, 0.25) is 0 Å². The lowest BCUT2D eigenvalue weighted by Crippen LogP contribution is -2.45. The zero-order chi connectivity index (χ0) is 21.6. The number of carbonyl (C=O) groups excluding carboxylic acids is 1. The van der Waals surface area contributed by atoms with Crippen molar-refractivity contribution in [2.24, 2.45) is 0 Å². The molecule has 0 radical (unpaired) electrons. The molecule has 0 bridgehead atoms. The molecule has 0 saturated carbocycles. The smallest absolute Gasteiger partial charge is 0.272 e. The average molecular weight is 422 g/mol. The van der Waals surface area contributed by atoms with Crippen LogP contribution in [0.25, 0.3) is 5.69 Å². The van der Waals surface area contributed by atoms with Crippen LogP contribution in [0.4, 0.5) is 4.39 Å². The van der Waals surface area contributed by atoms with Crippen LogP contribution in [-0.2, 0) is 13.1 Å². The highest BCUT2D eigenvalue weighted by atomic mass is 19.1. The van der Waals surface area contributed by atoms with Crippen molar-refractivity contribution >= 4 is 5.91 Å². The highest BCUT2D eigenvalue weighted by Crippen LogP contribution is 2.13. The SMILES string of the molecule is CCN1CCN(Cc2ccc(CNC(=O)c3ccn(-c4ccccc4F)n3)cc2)CC1. The van der Waals surface area contributed by atoms with Gasteiger partial charge in [0.05, 0.1) is 0 Å². The molecule has 4 rings (SSSR count). The summed E-state index contributed by atoms with van der Waals surface area (Å²) in [6, 6.07) is 16.3. The Labute approximate surface area is 182 Å². The second kappa shape index (κ2) is 9.85.